The Labute approximate surface area is 124 Å². The molecular weight excluding hydrogens is 264 g/mol. The first-order valence-electron chi connectivity index (χ1n) is 7.59. The minimum absolute atomic E-state index is 0.371. The molecule has 0 atom stereocenters. The zero-order valence-electron chi connectivity index (χ0n) is 12.0. The van der Waals surface area contributed by atoms with Gasteiger partial charge in [-0.1, -0.05) is 25.3 Å². The van der Waals surface area contributed by atoms with Crippen LogP contribution in [0.3, 0.4) is 0 Å². The van der Waals surface area contributed by atoms with Crippen LogP contribution in [0.25, 0.3) is 10.8 Å². The Kier molecular flexibility index (Phi) is 4.34. The minimum Gasteiger partial charge on any atom is -0.449 e. The molecule has 0 aliphatic heterocycles. The summed E-state index contributed by atoms with van der Waals surface area (Å²) in [7, 11) is 0. The molecule has 1 aromatic heterocycles. The summed E-state index contributed by atoms with van der Waals surface area (Å²) in [6.45, 7) is 0.529. The van der Waals surface area contributed by atoms with Crippen molar-refractivity contribution < 1.29 is 9.53 Å². The fraction of sp³-hybridized carbons (Fsp3) is 0.412. The van der Waals surface area contributed by atoms with Gasteiger partial charge < -0.3 is 4.74 Å². The largest absolute Gasteiger partial charge is 0.449 e. The van der Waals surface area contributed by atoms with E-state index in [4.69, 9.17) is 4.74 Å². The number of amides is 1. The zero-order chi connectivity index (χ0) is 14.5. The maximum Gasteiger partial charge on any atom is 0.411 e. The third-order valence-corrected chi connectivity index (χ3v) is 4.06. The predicted molar refractivity (Wildman–Crippen MR) is 83.3 cm³/mol. The summed E-state index contributed by atoms with van der Waals surface area (Å²) >= 11 is 0. The number of ether oxygens (including phenoxy) is 1. The van der Waals surface area contributed by atoms with E-state index in [0.717, 1.165) is 16.5 Å². The highest BCUT2D eigenvalue weighted by Crippen LogP contribution is 2.24. The maximum atomic E-state index is 11.8. The molecule has 1 N–H and O–H groups in total. The molecule has 1 aliphatic carbocycles. The molecule has 1 aromatic carbocycles. The van der Waals surface area contributed by atoms with E-state index in [2.05, 4.69) is 10.3 Å². The van der Waals surface area contributed by atoms with Crippen molar-refractivity contribution in [2.45, 2.75) is 32.1 Å². The second-order valence-corrected chi connectivity index (χ2v) is 5.67. The van der Waals surface area contributed by atoms with E-state index in [1.54, 1.807) is 12.4 Å². The van der Waals surface area contributed by atoms with Gasteiger partial charge in [0.1, 0.15) is 0 Å². The highest BCUT2D eigenvalue weighted by atomic mass is 16.5. The monoisotopic (exact) mass is 284 g/mol. The molecule has 1 aliphatic rings. The quantitative estimate of drug-likeness (QED) is 0.910. The number of anilines is 1. The van der Waals surface area contributed by atoms with Crippen LogP contribution in [0.5, 0.6) is 0 Å². The van der Waals surface area contributed by atoms with Crippen LogP contribution in [0.2, 0.25) is 0 Å². The first-order valence-corrected chi connectivity index (χ1v) is 7.59. The maximum absolute atomic E-state index is 11.8. The Balaban J connectivity index is 1.55. The highest BCUT2D eigenvalue weighted by molar-refractivity contribution is 5.90. The molecule has 0 unspecified atom stereocenters. The van der Waals surface area contributed by atoms with E-state index >= 15 is 0 Å². The van der Waals surface area contributed by atoms with Gasteiger partial charge in [0, 0.05) is 23.5 Å². The van der Waals surface area contributed by atoms with E-state index in [0.29, 0.717) is 12.5 Å². The summed E-state index contributed by atoms with van der Waals surface area (Å²) in [6, 6.07) is 7.70. The lowest BCUT2D eigenvalue weighted by Crippen LogP contribution is -2.20. The van der Waals surface area contributed by atoms with Gasteiger partial charge in [0.05, 0.1) is 6.61 Å². The van der Waals surface area contributed by atoms with Crippen LogP contribution < -0.4 is 5.32 Å². The predicted octanol–water partition coefficient (Wildman–Crippen LogP) is 4.36. The molecule has 0 bridgehead atoms. The first-order chi connectivity index (χ1) is 10.3. The van der Waals surface area contributed by atoms with E-state index < -0.39 is 0 Å². The van der Waals surface area contributed by atoms with Gasteiger partial charge in [-0.15, -0.1) is 0 Å². The number of nitrogens with one attached hydrogen (secondary N) is 1. The van der Waals surface area contributed by atoms with Crippen molar-refractivity contribution in [3.05, 3.63) is 36.7 Å². The zero-order valence-corrected chi connectivity index (χ0v) is 12.0. The number of rotatable bonds is 3. The third kappa shape index (κ3) is 3.72. The molecule has 1 heterocycles. The fourth-order valence-corrected chi connectivity index (χ4v) is 2.86. The van der Waals surface area contributed by atoms with Gasteiger partial charge >= 0.3 is 6.09 Å². The smallest absolute Gasteiger partial charge is 0.411 e. The van der Waals surface area contributed by atoms with Crippen LogP contribution in [-0.4, -0.2) is 17.7 Å². The molecule has 0 radical (unpaired) electrons. The average Bonchev–Trinajstić information content (AvgIpc) is 2.54. The lowest BCUT2D eigenvalue weighted by Gasteiger charge is -2.21. The Hall–Kier alpha value is -2.10. The summed E-state index contributed by atoms with van der Waals surface area (Å²) in [6.07, 6.45) is 9.35. The van der Waals surface area contributed by atoms with Crippen molar-refractivity contribution in [3.63, 3.8) is 0 Å². The SMILES string of the molecule is O=C(Nc1ccc2ccncc2c1)OCC1CCCCC1. The molecule has 3 rings (SSSR count). The molecular formula is C17H20N2O2. The van der Waals surface area contributed by atoms with Crippen molar-refractivity contribution in [2.75, 3.05) is 11.9 Å². The minimum atomic E-state index is -0.371. The molecule has 110 valence electrons. The van der Waals surface area contributed by atoms with Crippen molar-refractivity contribution >= 4 is 22.6 Å². The van der Waals surface area contributed by atoms with E-state index in [1.165, 1.54) is 32.1 Å². The second-order valence-electron chi connectivity index (χ2n) is 5.67. The fourth-order valence-electron chi connectivity index (χ4n) is 2.86. The Morgan fingerprint density at radius 3 is 2.90 bits per heavy atom. The van der Waals surface area contributed by atoms with Crippen molar-refractivity contribution in [3.8, 4) is 0 Å². The molecule has 2 aromatic rings. The highest BCUT2D eigenvalue weighted by Gasteiger charge is 2.15. The van der Waals surface area contributed by atoms with Gasteiger partial charge in [-0.3, -0.25) is 10.3 Å². The number of fused-ring (bicyclic) bond motifs is 1. The van der Waals surface area contributed by atoms with Crippen LogP contribution >= 0.6 is 0 Å². The summed E-state index contributed by atoms with van der Waals surface area (Å²) in [5.74, 6) is 0.533. The summed E-state index contributed by atoms with van der Waals surface area (Å²) in [5, 5.41) is 4.89. The van der Waals surface area contributed by atoms with Gasteiger partial charge in [0.2, 0.25) is 0 Å². The summed E-state index contributed by atoms with van der Waals surface area (Å²) in [5.41, 5.74) is 0.740. The molecule has 4 heteroatoms. The Morgan fingerprint density at radius 1 is 1.19 bits per heavy atom. The standard InChI is InChI=1S/C17H20N2O2/c20-17(21-12-13-4-2-1-3-5-13)19-16-7-6-14-8-9-18-11-15(14)10-16/h6-11,13H,1-5,12H2,(H,19,20). The second kappa shape index (κ2) is 6.57. The lowest BCUT2D eigenvalue weighted by molar-refractivity contribution is 0.128. The molecule has 1 amide bonds. The molecule has 21 heavy (non-hydrogen) atoms. The topological polar surface area (TPSA) is 51.2 Å². The summed E-state index contributed by atoms with van der Waals surface area (Å²) < 4.78 is 5.33. The Bertz CT molecular complexity index is 621. The molecule has 1 saturated carbocycles. The van der Waals surface area contributed by atoms with Gasteiger partial charge in [0.25, 0.3) is 0 Å². The van der Waals surface area contributed by atoms with Crippen LogP contribution in [0.4, 0.5) is 10.5 Å². The van der Waals surface area contributed by atoms with Gasteiger partial charge in [-0.25, -0.2) is 4.79 Å². The van der Waals surface area contributed by atoms with E-state index in [-0.39, 0.29) is 6.09 Å². The first kappa shape index (κ1) is 13.9. The van der Waals surface area contributed by atoms with Crippen molar-refractivity contribution in [1.29, 1.82) is 0 Å². The van der Waals surface area contributed by atoms with Gasteiger partial charge in [0.15, 0.2) is 0 Å². The van der Waals surface area contributed by atoms with Gasteiger partial charge in [-0.2, -0.15) is 0 Å². The number of hydrogen-bond donors (Lipinski definition) is 1. The normalized spacial score (nSPS) is 15.8. The number of hydrogen-bond acceptors (Lipinski definition) is 3. The third-order valence-electron chi connectivity index (χ3n) is 4.06. The van der Waals surface area contributed by atoms with Crippen molar-refractivity contribution in [2.24, 2.45) is 5.92 Å². The molecule has 4 nitrogen and oxygen atoms in total. The number of aromatic nitrogens is 1. The summed E-state index contributed by atoms with van der Waals surface area (Å²) in [4.78, 5) is 15.9. The number of carbonyl (C=O) groups is 1. The molecule has 0 spiro atoms. The van der Waals surface area contributed by atoms with E-state index in [1.807, 2.05) is 24.3 Å². The molecule has 0 saturated heterocycles. The lowest BCUT2D eigenvalue weighted by atomic mass is 9.90. The molecule has 1 fully saturated rings. The number of pyridine rings is 1. The number of nitrogens with zero attached hydrogens (tertiary/aromatic N) is 1. The van der Waals surface area contributed by atoms with Crippen LogP contribution in [0.15, 0.2) is 36.7 Å². The Morgan fingerprint density at radius 2 is 2.05 bits per heavy atom. The van der Waals surface area contributed by atoms with Gasteiger partial charge in [-0.05, 0) is 42.3 Å². The van der Waals surface area contributed by atoms with Crippen molar-refractivity contribution in [1.82, 2.24) is 4.98 Å². The van der Waals surface area contributed by atoms with Crippen LogP contribution in [0.1, 0.15) is 32.1 Å². The number of carbonyl (C=O) groups excluding carboxylic acids is 1. The van der Waals surface area contributed by atoms with E-state index in [9.17, 15) is 4.79 Å². The average molecular weight is 284 g/mol. The van der Waals surface area contributed by atoms with Crippen LogP contribution in [-0.2, 0) is 4.74 Å². The van der Waals surface area contributed by atoms with Crippen LogP contribution in [0, 0.1) is 5.92 Å². The number of benzene rings is 1.